The number of carbonyl (C=O) groups excluding carboxylic acids is 1. The molecule has 0 saturated carbocycles. The van der Waals surface area contributed by atoms with E-state index >= 15 is 0 Å². The maximum atomic E-state index is 11.8. The van der Waals surface area contributed by atoms with Crippen molar-refractivity contribution in [3.8, 4) is 0 Å². The largest absolute Gasteiger partial charge is 0.331 e. The second-order valence-corrected chi connectivity index (χ2v) is 7.36. The Kier molecular flexibility index (Phi) is 5.08. The van der Waals surface area contributed by atoms with E-state index in [0.717, 1.165) is 12.1 Å². The molecule has 1 aromatic carbocycles. The van der Waals surface area contributed by atoms with Crippen molar-refractivity contribution < 1.29 is 21.6 Å². The third-order valence-corrected chi connectivity index (χ3v) is 5.03. The fourth-order valence-corrected chi connectivity index (χ4v) is 3.94. The Bertz CT molecular complexity index is 738. The van der Waals surface area contributed by atoms with Gasteiger partial charge in [-0.3, -0.25) is 0 Å². The van der Waals surface area contributed by atoms with E-state index in [1.54, 1.807) is 4.72 Å². The van der Waals surface area contributed by atoms with Crippen LogP contribution in [0.1, 0.15) is 0 Å². The molecule has 11 heteroatoms. The van der Waals surface area contributed by atoms with E-state index in [-0.39, 0.29) is 14.9 Å². The third-order valence-electron chi connectivity index (χ3n) is 1.82. The van der Waals surface area contributed by atoms with Gasteiger partial charge in [-0.1, -0.05) is 27.6 Å². The van der Waals surface area contributed by atoms with Crippen molar-refractivity contribution in [3.05, 3.63) is 28.2 Å². The molecule has 0 atom stereocenters. The van der Waals surface area contributed by atoms with E-state index in [2.05, 4.69) is 4.40 Å². The monoisotopic (exact) mass is 344 g/mol. The van der Waals surface area contributed by atoms with E-state index < -0.39 is 25.9 Å². The Hall–Kier alpha value is -0.960. The highest BCUT2D eigenvalue weighted by atomic mass is 35.5. The van der Waals surface area contributed by atoms with Crippen LogP contribution in [-0.4, -0.2) is 28.8 Å². The maximum Gasteiger partial charge on any atom is 0.331 e. The minimum atomic E-state index is -4.40. The predicted molar refractivity (Wildman–Crippen MR) is 68.7 cm³/mol. The van der Waals surface area contributed by atoms with Crippen LogP contribution in [0.25, 0.3) is 0 Å². The van der Waals surface area contributed by atoms with Crippen LogP contribution >= 0.6 is 23.2 Å². The van der Waals surface area contributed by atoms with Crippen LogP contribution < -0.4 is 4.72 Å². The lowest BCUT2D eigenvalue weighted by Crippen LogP contribution is -2.28. The van der Waals surface area contributed by atoms with E-state index in [1.165, 1.54) is 12.1 Å². The smallest absolute Gasteiger partial charge is 0.222 e. The van der Waals surface area contributed by atoms with Gasteiger partial charge in [-0.2, -0.15) is 13.1 Å². The summed E-state index contributed by atoms with van der Waals surface area (Å²) in [5.41, 5.74) is 0. The van der Waals surface area contributed by atoms with Crippen molar-refractivity contribution >= 4 is 49.3 Å². The van der Waals surface area contributed by atoms with Gasteiger partial charge in [0.25, 0.3) is 6.08 Å². The summed E-state index contributed by atoms with van der Waals surface area (Å²) in [5.74, 6) is -1.01. The molecule has 0 aliphatic heterocycles. The highest BCUT2D eigenvalue weighted by Crippen LogP contribution is 2.25. The molecule has 1 rings (SSSR count). The van der Waals surface area contributed by atoms with Crippen molar-refractivity contribution in [2.45, 2.75) is 4.90 Å². The summed E-state index contributed by atoms with van der Waals surface area (Å²) in [6.45, 7) is 0. The first kappa shape index (κ1) is 16.1. The van der Waals surface area contributed by atoms with Gasteiger partial charge < -0.3 is 0 Å². The Morgan fingerprint density at radius 3 is 2.42 bits per heavy atom. The van der Waals surface area contributed by atoms with Crippen molar-refractivity contribution in [1.29, 1.82) is 0 Å². The molecule has 0 unspecified atom stereocenters. The SMILES string of the molecule is O=C=NS(=O)(=O)NCS(=O)(=O)c1cc(Cl)ccc1Cl. The highest BCUT2D eigenvalue weighted by molar-refractivity contribution is 7.93. The first-order valence-corrected chi connectivity index (χ1v) is 8.29. The topological polar surface area (TPSA) is 110 Å². The number of halogens is 2. The molecule has 0 radical (unpaired) electrons. The van der Waals surface area contributed by atoms with E-state index in [1.807, 2.05) is 0 Å². The molecule has 1 aromatic rings. The van der Waals surface area contributed by atoms with Crippen molar-refractivity contribution in [1.82, 2.24) is 4.72 Å². The number of isocyanates is 1. The lowest BCUT2D eigenvalue weighted by Gasteiger charge is -2.06. The minimum absolute atomic E-state index is 0.109. The molecule has 0 bridgehead atoms. The molecule has 104 valence electrons. The average Bonchev–Trinajstić information content (AvgIpc) is 2.30. The lowest BCUT2D eigenvalue weighted by molar-refractivity contribution is 0.561. The predicted octanol–water partition coefficient (Wildman–Crippen LogP) is 0.895. The van der Waals surface area contributed by atoms with Gasteiger partial charge in [-0.25, -0.2) is 13.2 Å². The summed E-state index contributed by atoms with van der Waals surface area (Å²) >= 11 is 11.3. The van der Waals surface area contributed by atoms with Gasteiger partial charge in [0.15, 0.2) is 9.84 Å². The van der Waals surface area contributed by atoms with Crippen LogP contribution in [0.2, 0.25) is 10.0 Å². The molecule has 0 heterocycles. The Morgan fingerprint density at radius 2 is 1.84 bits per heavy atom. The molecule has 0 saturated heterocycles. The summed E-state index contributed by atoms with van der Waals surface area (Å²) in [7, 11) is -8.46. The van der Waals surface area contributed by atoms with E-state index in [9.17, 15) is 21.6 Å². The second kappa shape index (κ2) is 6.00. The quantitative estimate of drug-likeness (QED) is 0.630. The zero-order valence-corrected chi connectivity index (χ0v) is 12.1. The fraction of sp³-hybridized carbons (Fsp3) is 0.125. The van der Waals surface area contributed by atoms with Crippen LogP contribution in [0.4, 0.5) is 0 Å². The van der Waals surface area contributed by atoms with Crippen molar-refractivity contribution in [3.63, 3.8) is 0 Å². The van der Waals surface area contributed by atoms with E-state index in [0.29, 0.717) is 0 Å². The molecule has 7 nitrogen and oxygen atoms in total. The van der Waals surface area contributed by atoms with Crippen molar-refractivity contribution in [2.75, 3.05) is 5.88 Å². The molecule has 0 aliphatic carbocycles. The molecule has 0 aromatic heterocycles. The molecule has 0 amide bonds. The summed E-state index contributed by atoms with van der Waals surface area (Å²) < 4.78 is 49.7. The van der Waals surface area contributed by atoms with Gasteiger partial charge in [-0.15, -0.1) is 0 Å². The van der Waals surface area contributed by atoms with Gasteiger partial charge in [0.05, 0.1) is 9.92 Å². The fourth-order valence-electron chi connectivity index (χ4n) is 1.03. The summed E-state index contributed by atoms with van der Waals surface area (Å²) in [4.78, 5) is 9.48. The van der Waals surface area contributed by atoms with Gasteiger partial charge in [-0.05, 0) is 18.2 Å². The molecule has 1 N–H and O–H groups in total. The second-order valence-electron chi connectivity index (χ2n) is 3.14. The lowest BCUT2D eigenvalue weighted by atomic mass is 10.4. The number of rotatable bonds is 5. The molecular formula is C8H6Cl2N2O5S2. The Balaban J connectivity index is 3.06. The number of hydrogen-bond donors (Lipinski definition) is 1. The number of nitrogens with zero attached hydrogens (tertiary/aromatic N) is 1. The first-order chi connectivity index (χ1) is 8.68. The first-order valence-electron chi connectivity index (χ1n) is 4.44. The molecule has 0 aliphatic rings. The van der Waals surface area contributed by atoms with E-state index in [4.69, 9.17) is 23.2 Å². The molecule has 19 heavy (non-hydrogen) atoms. The van der Waals surface area contributed by atoms with Gasteiger partial charge in [0, 0.05) is 5.02 Å². The number of sulfone groups is 1. The number of hydrogen-bond acceptors (Lipinski definition) is 5. The van der Waals surface area contributed by atoms with Crippen LogP contribution in [0.3, 0.4) is 0 Å². The molecule has 0 fully saturated rings. The average molecular weight is 345 g/mol. The zero-order chi connectivity index (χ0) is 14.7. The van der Waals surface area contributed by atoms with Crippen LogP contribution in [0.5, 0.6) is 0 Å². The Labute approximate surface area is 119 Å². The number of benzene rings is 1. The zero-order valence-electron chi connectivity index (χ0n) is 9.00. The Morgan fingerprint density at radius 1 is 1.21 bits per heavy atom. The standard InChI is InChI=1S/C8H6Cl2N2O5S2/c9-6-1-2-7(10)8(3-6)18(14,15)5-12-19(16,17)11-4-13/h1-3,12H,5H2. The maximum absolute atomic E-state index is 11.8. The van der Waals surface area contributed by atoms with Gasteiger partial charge in [0.2, 0.25) is 0 Å². The summed E-state index contributed by atoms with van der Waals surface area (Å²) in [5, 5.41) is 0.0132. The van der Waals surface area contributed by atoms with Gasteiger partial charge in [0.1, 0.15) is 5.88 Å². The van der Waals surface area contributed by atoms with Crippen LogP contribution in [-0.2, 0) is 24.8 Å². The summed E-state index contributed by atoms with van der Waals surface area (Å²) in [6, 6.07) is 3.72. The van der Waals surface area contributed by atoms with Gasteiger partial charge >= 0.3 is 10.2 Å². The molecular weight excluding hydrogens is 339 g/mol. The highest BCUT2D eigenvalue weighted by Gasteiger charge is 2.21. The normalized spacial score (nSPS) is 11.9. The van der Waals surface area contributed by atoms with Crippen LogP contribution in [0.15, 0.2) is 27.5 Å². The minimum Gasteiger partial charge on any atom is -0.222 e. The number of nitrogens with one attached hydrogen (secondary N) is 1. The molecule has 0 spiro atoms. The van der Waals surface area contributed by atoms with Crippen LogP contribution in [0, 0.1) is 0 Å². The third kappa shape index (κ3) is 4.57. The summed E-state index contributed by atoms with van der Waals surface area (Å²) in [6.07, 6.45) is 0.787. The van der Waals surface area contributed by atoms with Crippen molar-refractivity contribution in [2.24, 2.45) is 4.40 Å².